The van der Waals surface area contributed by atoms with Crippen LogP contribution in [0.5, 0.6) is 11.5 Å². The molecule has 1 fully saturated rings. The Morgan fingerprint density at radius 3 is 3.00 bits per heavy atom. The highest BCUT2D eigenvalue weighted by Gasteiger charge is 2.27. The monoisotopic (exact) mass is 276 g/mol. The predicted molar refractivity (Wildman–Crippen MR) is 75.0 cm³/mol. The molecule has 1 saturated heterocycles. The fourth-order valence-corrected chi connectivity index (χ4v) is 2.61. The second-order valence-corrected chi connectivity index (χ2v) is 5.32. The minimum Gasteiger partial charge on any atom is -0.485 e. The first-order valence-corrected chi connectivity index (χ1v) is 7.20. The van der Waals surface area contributed by atoms with Crippen LogP contribution in [0.25, 0.3) is 0 Å². The van der Waals surface area contributed by atoms with Crippen LogP contribution in [0.3, 0.4) is 0 Å². The third kappa shape index (κ3) is 3.04. The first-order chi connectivity index (χ1) is 9.83. The zero-order valence-electron chi connectivity index (χ0n) is 11.4. The SMILES string of the molecule is O=C(NC[C@H]1CCCNC1)[C@H]1COc2ccccc2O1. The van der Waals surface area contributed by atoms with Gasteiger partial charge in [-0.15, -0.1) is 0 Å². The van der Waals surface area contributed by atoms with E-state index in [0.29, 0.717) is 24.0 Å². The van der Waals surface area contributed by atoms with Gasteiger partial charge in [-0.05, 0) is 44.0 Å². The van der Waals surface area contributed by atoms with E-state index in [9.17, 15) is 4.79 Å². The zero-order chi connectivity index (χ0) is 13.8. The lowest BCUT2D eigenvalue weighted by Crippen LogP contribution is -2.46. The molecule has 0 unspecified atom stereocenters. The molecule has 0 spiro atoms. The minimum absolute atomic E-state index is 0.0925. The Kier molecular flexibility index (Phi) is 4.06. The van der Waals surface area contributed by atoms with Crippen LogP contribution in [0, 0.1) is 5.92 Å². The topological polar surface area (TPSA) is 59.6 Å². The van der Waals surface area contributed by atoms with Gasteiger partial charge in [-0.3, -0.25) is 4.79 Å². The van der Waals surface area contributed by atoms with Crippen LogP contribution >= 0.6 is 0 Å². The second-order valence-electron chi connectivity index (χ2n) is 5.32. The lowest BCUT2D eigenvalue weighted by Gasteiger charge is -2.27. The number of hydrogen-bond donors (Lipinski definition) is 2. The van der Waals surface area contributed by atoms with Gasteiger partial charge in [0.1, 0.15) is 6.61 Å². The Balaban J connectivity index is 1.51. The third-order valence-electron chi connectivity index (χ3n) is 3.76. The van der Waals surface area contributed by atoms with Gasteiger partial charge < -0.3 is 20.1 Å². The number of hydrogen-bond acceptors (Lipinski definition) is 4. The molecule has 20 heavy (non-hydrogen) atoms. The van der Waals surface area contributed by atoms with Gasteiger partial charge in [-0.2, -0.15) is 0 Å². The molecule has 1 aromatic rings. The summed E-state index contributed by atoms with van der Waals surface area (Å²) >= 11 is 0. The van der Waals surface area contributed by atoms with Gasteiger partial charge in [-0.1, -0.05) is 12.1 Å². The standard InChI is InChI=1S/C15H20N2O3/c18-15(17-9-11-4-3-7-16-8-11)14-10-19-12-5-1-2-6-13(12)20-14/h1-2,5-6,11,14,16H,3-4,7-10H2,(H,17,18)/t11-,14+/m0/s1. The molecule has 0 aromatic heterocycles. The maximum absolute atomic E-state index is 12.1. The molecule has 2 aliphatic heterocycles. The summed E-state index contributed by atoms with van der Waals surface area (Å²) in [7, 11) is 0. The van der Waals surface area contributed by atoms with Gasteiger partial charge >= 0.3 is 0 Å². The van der Waals surface area contributed by atoms with E-state index >= 15 is 0 Å². The maximum Gasteiger partial charge on any atom is 0.264 e. The molecule has 5 heteroatoms. The van der Waals surface area contributed by atoms with E-state index in [4.69, 9.17) is 9.47 Å². The number of piperidine rings is 1. The third-order valence-corrected chi connectivity index (χ3v) is 3.76. The lowest BCUT2D eigenvalue weighted by molar-refractivity contribution is -0.130. The summed E-state index contributed by atoms with van der Waals surface area (Å²) in [6.45, 7) is 3.03. The highest BCUT2D eigenvalue weighted by atomic mass is 16.6. The molecule has 2 N–H and O–H groups in total. The van der Waals surface area contributed by atoms with Crippen molar-refractivity contribution in [2.24, 2.45) is 5.92 Å². The molecule has 0 aliphatic carbocycles. The van der Waals surface area contributed by atoms with Crippen molar-refractivity contribution in [2.75, 3.05) is 26.2 Å². The quantitative estimate of drug-likeness (QED) is 0.862. The largest absolute Gasteiger partial charge is 0.485 e. The number of fused-ring (bicyclic) bond motifs is 1. The molecule has 108 valence electrons. The first-order valence-electron chi connectivity index (χ1n) is 7.20. The van der Waals surface area contributed by atoms with E-state index in [-0.39, 0.29) is 12.5 Å². The molecule has 2 aliphatic rings. The fraction of sp³-hybridized carbons (Fsp3) is 0.533. The van der Waals surface area contributed by atoms with Gasteiger partial charge in [0.2, 0.25) is 6.10 Å². The fourth-order valence-electron chi connectivity index (χ4n) is 2.61. The molecule has 0 saturated carbocycles. The summed E-state index contributed by atoms with van der Waals surface area (Å²) in [6, 6.07) is 7.42. The average Bonchev–Trinajstić information content (AvgIpc) is 2.53. The van der Waals surface area contributed by atoms with Crippen LogP contribution in [-0.4, -0.2) is 38.3 Å². The number of rotatable bonds is 3. The van der Waals surface area contributed by atoms with E-state index in [2.05, 4.69) is 10.6 Å². The minimum atomic E-state index is -0.554. The number of carbonyl (C=O) groups is 1. The van der Waals surface area contributed by atoms with Crippen LogP contribution in [-0.2, 0) is 4.79 Å². The number of para-hydroxylation sites is 2. The van der Waals surface area contributed by atoms with Gasteiger partial charge in [0.25, 0.3) is 5.91 Å². The van der Waals surface area contributed by atoms with E-state index < -0.39 is 6.10 Å². The number of nitrogens with one attached hydrogen (secondary N) is 2. The molecule has 3 rings (SSSR count). The number of carbonyl (C=O) groups excluding carboxylic acids is 1. The number of ether oxygens (including phenoxy) is 2. The molecule has 0 bridgehead atoms. The summed E-state index contributed by atoms with van der Waals surface area (Å²) < 4.78 is 11.2. The van der Waals surface area contributed by atoms with Crippen molar-refractivity contribution < 1.29 is 14.3 Å². The molecule has 5 nitrogen and oxygen atoms in total. The summed E-state index contributed by atoms with van der Waals surface area (Å²) in [5.41, 5.74) is 0. The van der Waals surface area contributed by atoms with Crippen LogP contribution in [0.4, 0.5) is 0 Å². The van der Waals surface area contributed by atoms with E-state index in [0.717, 1.165) is 19.5 Å². The van der Waals surface area contributed by atoms with Crippen molar-refractivity contribution in [1.82, 2.24) is 10.6 Å². The Hall–Kier alpha value is -1.75. The number of amides is 1. The average molecular weight is 276 g/mol. The van der Waals surface area contributed by atoms with Crippen LogP contribution in [0.15, 0.2) is 24.3 Å². The smallest absolute Gasteiger partial charge is 0.264 e. The van der Waals surface area contributed by atoms with Crippen LogP contribution in [0.2, 0.25) is 0 Å². The van der Waals surface area contributed by atoms with Crippen molar-refractivity contribution in [3.05, 3.63) is 24.3 Å². The van der Waals surface area contributed by atoms with E-state index in [1.807, 2.05) is 24.3 Å². The predicted octanol–water partition coefficient (Wildman–Crippen LogP) is 0.942. The van der Waals surface area contributed by atoms with E-state index in [1.165, 1.54) is 6.42 Å². The van der Waals surface area contributed by atoms with Gasteiger partial charge in [0.05, 0.1) is 0 Å². The van der Waals surface area contributed by atoms with Crippen LogP contribution in [0.1, 0.15) is 12.8 Å². The van der Waals surface area contributed by atoms with Crippen molar-refractivity contribution in [2.45, 2.75) is 18.9 Å². The normalized spacial score (nSPS) is 25.0. The molecule has 2 heterocycles. The highest BCUT2D eigenvalue weighted by molar-refractivity contribution is 5.81. The summed E-state index contributed by atoms with van der Waals surface area (Å²) in [4.78, 5) is 12.1. The van der Waals surface area contributed by atoms with Crippen molar-refractivity contribution in [3.63, 3.8) is 0 Å². The molecular formula is C15H20N2O3. The summed E-state index contributed by atoms with van der Waals surface area (Å²) in [5, 5.41) is 6.31. The van der Waals surface area contributed by atoms with Crippen molar-refractivity contribution >= 4 is 5.91 Å². The Labute approximate surface area is 118 Å². The highest BCUT2D eigenvalue weighted by Crippen LogP contribution is 2.30. The molecule has 0 radical (unpaired) electrons. The maximum atomic E-state index is 12.1. The Morgan fingerprint density at radius 1 is 1.35 bits per heavy atom. The molecule has 1 aromatic carbocycles. The lowest BCUT2D eigenvalue weighted by atomic mass is 10.00. The summed E-state index contributed by atoms with van der Waals surface area (Å²) in [6.07, 6.45) is 1.79. The Bertz CT molecular complexity index is 472. The first kappa shape index (κ1) is 13.2. The Morgan fingerprint density at radius 2 is 2.20 bits per heavy atom. The van der Waals surface area contributed by atoms with Crippen molar-refractivity contribution in [1.29, 1.82) is 0 Å². The molecule has 1 amide bonds. The summed E-state index contributed by atoms with van der Waals surface area (Å²) in [5.74, 6) is 1.76. The molecule has 2 atom stereocenters. The number of benzene rings is 1. The van der Waals surface area contributed by atoms with Crippen molar-refractivity contribution in [3.8, 4) is 11.5 Å². The van der Waals surface area contributed by atoms with Gasteiger partial charge in [0.15, 0.2) is 11.5 Å². The zero-order valence-corrected chi connectivity index (χ0v) is 11.4. The van der Waals surface area contributed by atoms with E-state index in [1.54, 1.807) is 0 Å². The van der Waals surface area contributed by atoms with Gasteiger partial charge in [0, 0.05) is 6.54 Å². The van der Waals surface area contributed by atoms with Gasteiger partial charge in [-0.25, -0.2) is 0 Å². The van der Waals surface area contributed by atoms with Crippen LogP contribution < -0.4 is 20.1 Å². The molecular weight excluding hydrogens is 256 g/mol. The second kappa shape index (κ2) is 6.13.